The monoisotopic (exact) mass is 310 g/mol. The fourth-order valence-electron chi connectivity index (χ4n) is 2.24. The van der Waals surface area contributed by atoms with Crippen LogP contribution in [0.2, 0.25) is 5.02 Å². The number of pyridine rings is 1. The third-order valence-corrected chi connectivity index (χ3v) is 3.61. The summed E-state index contributed by atoms with van der Waals surface area (Å²) in [5.74, 6) is 0.461. The molecule has 1 aromatic heterocycles. The van der Waals surface area contributed by atoms with Gasteiger partial charge >= 0.3 is 6.03 Å². The SMILES string of the molecule is CCCC1NC(=O)N(Cc2nc(NCC)ccc2Cl)C1=O. The van der Waals surface area contributed by atoms with Gasteiger partial charge in [0.25, 0.3) is 5.91 Å². The summed E-state index contributed by atoms with van der Waals surface area (Å²) >= 11 is 6.11. The first-order valence-corrected chi connectivity index (χ1v) is 7.45. The number of anilines is 1. The van der Waals surface area contributed by atoms with E-state index in [-0.39, 0.29) is 18.5 Å². The normalized spacial score (nSPS) is 18.0. The molecule has 114 valence electrons. The van der Waals surface area contributed by atoms with Crippen molar-refractivity contribution in [1.82, 2.24) is 15.2 Å². The number of nitrogens with one attached hydrogen (secondary N) is 2. The van der Waals surface area contributed by atoms with E-state index in [2.05, 4.69) is 15.6 Å². The molecule has 1 fully saturated rings. The van der Waals surface area contributed by atoms with E-state index < -0.39 is 6.04 Å². The minimum absolute atomic E-state index is 0.0863. The second kappa shape index (κ2) is 6.76. The molecule has 1 unspecified atom stereocenters. The number of halogens is 1. The molecule has 1 atom stereocenters. The maximum atomic E-state index is 12.2. The summed E-state index contributed by atoms with van der Waals surface area (Å²) in [7, 11) is 0. The van der Waals surface area contributed by atoms with E-state index >= 15 is 0 Å². The number of nitrogens with zero attached hydrogens (tertiary/aromatic N) is 2. The van der Waals surface area contributed by atoms with Gasteiger partial charge in [0, 0.05) is 6.54 Å². The Kier molecular flexibility index (Phi) is 5.01. The molecular weight excluding hydrogens is 292 g/mol. The van der Waals surface area contributed by atoms with E-state index in [9.17, 15) is 9.59 Å². The largest absolute Gasteiger partial charge is 0.370 e. The molecule has 7 heteroatoms. The van der Waals surface area contributed by atoms with Crippen molar-refractivity contribution in [3.8, 4) is 0 Å². The van der Waals surface area contributed by atoms with E-state index in [0.29, 0.717) is 23.0 Å². The Balaban J connectivity index is 2.16. The lowest BCUT2D eigenvalue weighted by atomic mass is 10.1. The third kappa shape index (κ3) is 3.44. The van der Waals surface area contributed by atoms with E-state index in [0.717, 1.165) is 13.0 Å². The van der Waals surface area contributed by atoms with E-state index in [1.165, 1.54) is 4.90 Å². The van der Waals surface area contributed by atoms with Gasteiger partial charge in [0.05, 0.1) is 17.3 Å². The highest BCUT2D eigenvalue weighted by atomic mass is 35.5. The van der Waals surface area contributed by atoms with Gasteiger partial charge in [-0.1, -0.05) is 24.9 Å². The predicted octanol–water partition coefficient (Wildman–Crippen LogP) is 2.39. The summed E-state index contributed by atoms with van der Waals surface area (Å²) in [6, 6.07) is 2.66. The lowest BCUT2D eigenvalue weighted by Gasteiger charge is -2.14. The van der Waals surface area contributed by atoms with Gasteiger partial charge in [0.2, 0.25) is 0 Å². The molecule has 0 aliphatic carbocycles. The van der Waals surface area contributed by atoms with Crippen LogP contribution in [0.15, 0.2) is 12.1 Å². The first-order valence-electron chi connectivity index (χ1n) is 7.08. The lowest BCUT2D eigenvalue weighted by molar-refractivity contribution is -0.128. The van der Waals surface area contributed by atoms with Crippen LogP contribution in [0.3, 0.4) is 0 Å². The zero-order valence-electron chi connectivity index (χ0n) is 12.1. The molecule has 1 saturated heterocycles. The highest BCUT2D eigenvalue weighted by molar-refractivity contribution is 6.31. The molecule has 2 heterocycles. The second-order valence-electron chi connectivity index (χ2n) is 4.87. The topological polar surface area (TPSA) is 74.3 Å². The van der Waals surface area contributed by atoms with Crippen molar-refractivity contribution in [2.45, 2.75) is 39.3 Å². The van der Waals surface area contributed by atoms with Crippen molar-refractivity contribution in [2.75, 3.05) is 11.9 Å². The maximum absolute atomic E-state index is 12.2. The van der Waals surface area contributed by atoms with Crippen molar-refractivity contribution in [3.63, 3.8) is 0 Å². The molecule has 2 N–H and O–H groups in total. The van der Waals surface area contributed by atoms with Crippen molar-refractivity contribution in [2.24, 2.45) is 0 Å². The Morgan fingerprint density at radius 1 is 1.38 bits per heavy atom. The van der Waals surface area contributed by atoms with Crippen molar-refractivity contribution in [1.29, 1.82) is 0 Å². The highest BCUT2D eigenvalue weighted by Gasteiger charge is 2.37. The van der Waals surface area contributed by atoms with Crippen LogP contribution in [0.5, 0.6) is 0 Å². The fraction of sp³-hybridized carbons (Fsp3) is 0.500. The zero-order valence-corrected chi connectivity index (χ0v) is 12.9. The molecule has 0 bridgehead atoms. The molecule has 0 saturated carbocycles. The van der Waals surface area contributed by atoms with Gasteiger partial charge in [-0.05, 0) is 25.5 Å². The molecule has 0 radical (unpaired) electrons. The number of urea groups is 1. The molecule has 0 spiro atoms. The van der Waals surface area contributed by atoms with Crippen molar-refractivity contribution < 1.29 is 9.59 Å². The van der Waals surface area contributed by atoms with Crippen LogP contribution >= 0.6 is 11.6 Å². The van der Waals surface area contributed by atoms with Gasteiger partial charge in [-0.15, -0.1) is 0 Å². The molecular formula is C14H19ClN4O2. The number of rotatable bonds is 6. The van der Waals surface area contributed by atoms with Crippen LogP contribution in [0.4, 0.5) is 10.6 Å². The summed E-state index contributed by atoms with van der Waals surface area (Å²) < 4.78 is 0. The maximum Gasteiger partial charge on any atom is 0.325 e. The Morgan fingerprint density at radius 2 is 2.14 bits per heavy atom. The van der Waals surface area contributed by atoms with E-state index in [1.54, 1.807) is 12.1 Å². The molecule has 21 heavy (non-hydrogen) atoms. The zero-order chi connectivity index (χ0) is 15.4. The van der Waals surface area contributed by atoms with Crippen LogP contribution in [0, 0.1) is 0 Å². The van der Waals surface area contributed by atoms with Gasteiger partial charge < -0.3 is 10.6 Å². The molecule has 0 aromatic carbocycles. The summed E-state index contributed by atoms with van der Waals surface area (Å²) in [6.07, 6.45) is 1.47. The third-order valence-electron chi connectivity index (χ3n) is 3.27. The quantitative estimate of drug-likeness (QED) is 0.791. The minimum Gasteiger partial charge on any atom is -0.370 e. The standard InChI is InChI=1S/C14H19ClN4O2/c1-3-5-10-13(20)19(14(21)18-10)8-11-9(15)6-7-12(17-11)16-4-2/h6-7,10H,3-5,8H2,1-2H3,(H,16,17)(H,18,21). The number of hydrogen-bond acceptors (Lipinski definition) is 4. The molecule has 1 aliphatic heterocycles. The Hall–Kier alpha value is -1.82. The summed E-state index contributed by atoms with van der Waals surface area (Å²) in [6.45, 7) is 4.75. The van der Waals surface area contributed by atoms with Gasteiger partial charge in [-0.3, -0.25) is 9.69 Å². The number of hydrogen-bond donors (Lipinski definition) is 2. The van der Waals surface area contributed by atoms with Crippen LogP contribution in [0.25, 0.3) is 0 Å². The highest BCUT2D eigenvalue weighted by Crippen LogP contribution is 2.21. The first kappa shape index (κ1) is 15.6. The number of amides is 3. The molecule has 6 nitrogen and oxygen atoms in total. The average Bonchev–Trinajstić information content (AvgIpc) is 2.71. The average molecular weight is 311 g/mol. The molecule has 1 aromatic rings. The van der Waals surface area contributed by atoms with E-state index in [1.807, 2.05) is 13.8 Å². The van der Waals surface area contributed by atoms with Crippen LogP contribution < -0.4 is 10.6 Å². The number of aromatic nitrogens is 1. The number of imide groups is 1. The van der Waals surface area contributed by atoms with Gasteiger partial charge in [-0.2, -0.15) is 0 Å². The molecule has 2 rings (SSSR count). The Morgan fingerprint density at radius 3 is 2.81 bits per heavy atom. The van der Waals surface area contributed by atoms with Crippen molar-refractivity contribution in [3.05, 3.63) is 22.8 Å². The Bertz CT molecular complexity index is 550. The van der Waals surface area contributed by atoms with Crippen LogP contribution in [0.1, 0.15) is 32.4 Å². The number of carbonyl (C=O) groups excluding carboxylic acids is 2. The first-order chi connectivity index (χ1) is 10.1. The smallest absolute Gasteiger partial charge is 0.325 e. The number of carbonyl (C=O) groups is 2. The fourth-order valence-corrected chi connectivity index (χ4v) is 2.40. The van der Waals surface area contributed by atoms with Gasteiger partial charge in [0.15, 0.2) is 0 Å². The lowest BCUT2D eigenvalue weighted by Crippen LogP contribution is -2.31. The van der Waals surface area contributed by atoms with E-state index in [4.69, 9.17) is 11.6 Å². The van der Waals surface area contributed by atoms with Gasteiger partial charge in [0.1, 0.15) is 11.9 Å². The summed E-state index contributed by atoms with van der Waals surface area (Å²) in [5.41, 5.74) is 0.510. The second-order valence-corrected chi connectivity index (χ2v) is 5.28. The molecule has 3 amide bonds. The van der Waals surface area contributed by atoms with Gasteiger partial charge in [-0.25, -0.2) is 9.78 Å². The minimum atomic E-state index is -0.432. The van der Waals surface area contributed by atoms with Crippen LogP contribution in [-0.2, 0) is 11.3 Å². The van der Waals surface area contributed by atoms with Crippen molar-refractivity contribution >= 4 is 29.4 Å². The van der Waals surface area contributed by atoms with Crippen LogP contribution in [-0.4, -0.2) is 34.4 Å². The predicted molar refractivity (Wildman–Crippen MR) is 81.2 cm³/mol. The Labute approximate surface area is 128 Å². The molecule has 1 aliphatic rings. The summed E-state index contributed by atoms with van der Waals surface area (Å²) in [5, 5.41) is 6.20. The summed E-state index contributed by atoms with van der Waals surface area (Å²) in [4.78, 5) is 29.6.